The summed E-state index contributed by atoms with van der Waals surface area (Å²) in [4.78, 5) is 0. The van der Waals surface area contributed by atoms with Gasteiger partial charge in [-0.05, 0) is 17.8 Å². The van der Waals surface area contributed by atoms with Crippen molar-refractivity contribution in [2.24, 2.45) is 0 Å². The zero-order chi connectivity index (χ0) is 8.39. The van der Waals surface area contributed by atoms with Crippen LogP contribution >= 0.6 is 11.8 Å². The molecule has 0 fully saturated rings. The summed E-state index contributed by atoms with van der Waals surface area (Å²) in [6.07, 6.45) is 3.40. The maximum Gasteiger partial charge on any atom is 0.147 e. The molecular formula is C6H7N5S. The van der Waals surface area contributed by atoms with Crippen LogP contribution in [-0.2, 0) is 0 Å². The molecule has 0 spiro atoms. The standard InChI is InChI=1S/C6H7N5S/c7-4-3-9-11-6(4)12-5-1-2-8-10-5/h1-3H,7H2,(H,8,10)(H,9,11). The second kappa shape index (κ2) is 2.90. The summed E-state index contributed by atoms with van der Waals surface area (Å²) in [5.41, 5.74) is 6.25. The van der Waals surface area contributed by atoms with E-state index in [-0.39, 0.29) is 0 Å². The van der Waals surface area contributed by atoms with Gasteiger partial charge in [0.1, 0.15) is 10.1 Å². The average molecular weight is 181 g/mol. The fourth-order valence-corrected chi connectivity index (χ4v) is 1.48. The summed E-state index contributed by atoms with van der Waals surface area (Å²) < 4.78 is 0. The van der Waals surface area contributed by atoms with Crippen LogP contribution in [0.3, 0.4) is 0 Å². The predicted octanol–water partition coefficient (Wildman–Crippen LogP) is 0.866. The second-order valence-corrected chi connectivity index (χ2v) is 3.17. The first-order chi connectivity index (χ1) is 5.86. The van der Waals surface area contributed by atoms with Gasteiger partial charge in [0.2, 0.25) is 0 Å². The van der Waals surface area contributed by atoms with E-state index in [1.54, 1.807) is 12.4 Å². The first kappa shape index (κ1) is 7.23. The van der Waals surface area contributed by atoms with Crippen LogP contribution in [0.25, 0.3) is 0 Å². The van der Waals surface area contributed by atoms with Crippen LogP contribution in [-0.4, -0.2) is 20.4 Å². The van der Waals surface area contributed by atoms with Crippen LogP contribution < -0.4 is 5.73 Å². The van der Waals surface area contributed by atoms with Gasteiger partial charge in [0, 0.05) is 12.4 Å². The van der Waals surface area contributed by atoms with Crippen molar-refractivity contribution in [1.29, 1.82) is 0 Å². The Labute approximate surface area is 72.7 Å². The molecule has 0 aliphatic rings. The third-order valence-corrected chi connectivity index (χ3v) is 2.27. The number of rotatable bonds is 2. The van der Waals surface area contributed by atoms with Crippen LogP contribution in [0.5, 0.6) is 0 Å². The number of nitrogen functional groups attached to an aromatic ring is 1. The van der Waals surface area contributed by atoms with Crippen molar-refractivity contribution in [3.8, 4) is 0 Å². The van der Waals surface area contributed by atoms with Gasteiger partial charge in [-0.1, -0.05) is 0 Å². The molecule has 2 aromatic rings. The Morgan fingerprint density at radius 2 is 2.25 bits per heavy atom. The molecule has 4 N–H and O–H groups in total. The number of nitrogens with two attached hydrogens (primary N) is 1. The second-order valence-electron chi connectivity index (χ2n) is 2.16. The molecule has 2 rings (SSSR count). The van der Waals surface area contributed by atoms with Crippen LogP contribution in [0.2, 0.25) is 0 Å². The monoisotopic (exact) mass is 181 g/mol. The predicted molar refractivity (Wildman–Crippen MR) is 45.7 cm³/mol. The molecule has 0 unspecified atom stereocenters. The maximum atomic E-state index is 5.60. The third-order valence-electron chi connectivity index (χ3n) is 1.31. The van der Waals surface area contributed by atoms with E-state index < -0.39 is 0 Å². The van der Waals surface area contributed by atoms with Gasteiger partial charge >= 0.3 is 0 Å². The van der Waals surface area contributed by atoms with Gasteiger partial charge in [0.25, 0.3) is 0 Å². The van der Waals surface area contributed by atoms with E-state index in [4.69, 9.17) is 5.73 Å². The summed E-state index contributed by atoms with van der Waals surface area (Å²) in [7, 11) is 0. The molecule has 0 radical (unpaired) electrons. The molecule has 5 nitrogen and oxygen atoms in total. The van der Waals surface area contributed by atoms with Crippen molar-refractivity contribution >= 4 is 17.4 Å². The minimum absolute atomic E-state index is 0.642. The summed E-state index contributed by atoms with van der Waals surface area (Å²) in [6.45, 7) is 0. The third kappa shape index (κ3) is 1.28. The lowest BCUT2D eigenvalue weighted by atomic mass is 10.6. The van der Waals surface area contributed by atoms with Crippen molar-refractivity contribution in [2.75, 3.05) is 5.73 Å². The Bertz CT molecular complexity index is 352. The Morgan fingerprint density at radius 1 is 1.33 bits per heavy atom. The van der Waals surface area contributed by atoms with Gasteiger partial charge in [-0.15, -0.1) is 0 Å². The normalized spacial score (nSPS) is 10.3. The molecule has 0 amide bonds. The van der Waals surface area contributed by atoms with Crippen molar-refractivity contribution < 1.29 is 0 Å². The Balaban J connectivity index is 2.20. The highest BCUT2D eigenvalue weighted by Crippen LogP contribution is 2.27. The summed E-state index contributed by atoms with van der Waals surface area (Å²) >= 11 is 1.42. The molecule has 0 aromatic carbocycles. The molecule has 6 heteroatoms. The van der Waals surface area contributed by atoms with E-state index in [0.29, 0.717) is 5.69 Å². The highest BCUT2D eigenvalue weighted by Gasteiger charge is 2.04. The van der Waals surface area contributed by atoms with Gasteiger partial charge < -0.3 is 5.73 Å². The van der Waals surface area contributed by atoms with E-state index in [0.717, 1.165) is 10.1 Å². The molecule has 0 atom stereocenters. The van der Waals surface area contributed by atoms with Crippen molar-refractivity contribution in [2.45, 2.75) is 10.1 Å². The van der Waals surface area contributed by atoms with Gasteiger partial charge in [-0.2, -0.15) is 10.2 Å². The van der Waals surface area contributed by atoms with Crippen LogP contribution in [0.4, 0.5) is 5.69 Å². The zero-order valence-corrected chi connectivity index (χ0v) is 6.93. The minimum Gasteiger partial charge on any atom is -0.395 e. The molecule has 0 aliphatic carbocycles. The fraction of sp³-hybridized carbons (Fsp3) is 0. The number of hydrogen-bond donors (Lipinski definition) is 3. The Hall–Kier alpha value is -1.43. The lowest BCUT2D eigenvalue weighted by Gasteiger charge is -1.91. The fourth-order valence-electron chi connectivity index (χ4n) is 0.771. The Kier molecular flexibility index (Phi) is 1.75. The summed E-state index contributed by atoms with van der Waals surface area (Å²) in [5, 5.41) is 14.9. The highest BCUT2D eigenvalue weighted by atomic mass is 32.2. The van der Waals surface area contributed by atoms with Gasteiger partial charge in [-0.3, -0.25) is 10.2 Å². The largest absolute Gasteiger partial charge is 0.395 e. The topological polar surface area (TPSA) is 83.4 Å². The van der Waals surface area contributed by atoms with Gasteiger partial charge in [0.15, 0.2) is 0 Å². The average Bonchev–Trinajstić information content (AvgIpc) is 2.65. The zero-order valence-electron chi connectivity index (χ0n) is 6.11. The molecule has 0 saturated heterocycles. The molecule has 12 heavy (non-hydrogen) atoms. The number of H-pyrrole nitrogens is 2. The molecule has 0 saturated carbocycles. The number of hydrogen-bond acceptors (Lipinski definition) is 4. The lowest BCUT2D eigenvalue weighted by Crippen LogP contribution is -1.83. The highest BCUT2D eigenvalue weighted by molar-refractivity contribution is 7.99. The summed E-state index contributed by atoms with van der Waals surface area (Å²) in [6, 6.07) is 1.86. The van der Waals surface area contributed by atoms with Crippen molar-refractivity contribution in [3.05, 3.63) is 18.5 Å². The molecule has 0 aliphatic heterocycles. The van der Waals surface area contributed by atoms with Crippen molar-refractivity contribution in [3.63, 3.8) is 0 Å². The first-order valence-corrected chi connectivity index (χ1v) is 4.15. The summed E-state index contributed by atoms with van der Waals surface area (Å²) in [5.74, 6) is 0. The van der Waals surface area contributed by atoms with E-state index in [1.807, 2.05) is 6.07 Å². The minimum atomic E-state index is 0.642. The quantitative estimate of drug-likeness (QED) is 0.641. The maximum absolute atomic E-state index is 5.60. The smallest absolute Gasteiger partial charge is 0.147 e. The van der Waals surface area contributed by atoms with Crippen LogP contribution in [0.1, 0.15) is 0 Å². The van der Waals surface area contributed by atoms with E-state index in [9.17, 15) is 0 Å². The molecular weight excluding hydrogens is 174 g/mol. The van der Waals surface area contributed by atoms with E-state index >= 15 is 0 Å². The number of aromatic nitrogens is 4. The Morgan fingerprint density at radius 3 is 2.83 bits per heavy atom. The molecule has 2 aromatic heterocycles. The van der Waals surface area contributed by atoms with Crippen LogP contribution in [0, 0.1) is 0 Å². The number of nitrogens with zero attached hydrogens (tertiary/aromatic N) is 2. The van der Waals surface area contributed by atoms with Gasteiger partial charge in [0.05, 0.1) is 5.69 Å². The van der Waals surface area contributed by atoms with Crippen LogP contribution in [0.15, 0.2) is 28.5 Å². The lowest BCUT2D eigenvalue weighted by molar-refractivity contribution is 0.980. The SMILES string of the molecule is Nc1c[nH]nc1Sc1cc[nH]n1. The number of anilines is 1. The number of nitrogens with one attached hydrogen (secondary N) is 2. The number of aromatic amines is 2. The van der Waals surface area contributed by atoms with Crippen molar-refractivity contribution in [1.82, 2.24) is 20.4 Å². The molecule has 0 bridgehead atoms. The molecule has 62 valence electrons. The first-order valence-electron chi connectivity index (χ1n) is 3.33. The van der Waals surface area contributed by atoms with Gasteiger partial charge in [-0.25, -0.2) is 0 Å². The van der Waals surface area contributed by atoms with E-state index in [2.05, 4.69) is 20.4 Å². The van der Waals surface area contributed by atoms with E-state index in [1.165, 1.54) is 11.8 Å². The molecule has 2 heterocycles.